The lowest BCUT2D eigenvalue weighted by molar-refractivity contribution is 0.478. The van der Waals surface area contributed by atoms with Crippen LogP contribution < -0.4 is 0 Å². The molecule has 1 aromatic heterocycles. The van der Waals surface area contributed by atoms with Crippen LogP contribution in [0.3, 0.4) is 0 Å². The first kappa shape index (κ1) is 12.2. The third-order valence-electron chi connectivity index (χ3n) is 1.90. The van der Waals surface area contributed by atoms with Crippen molar-refractivity contribution in [1.82, 2.24) is 9.55 Å². The SMILES string of the molecule is [C-]#[N+]c1nc(C)n(CCS(=O)(=O)O)c1[N+]#[C-]. The molecule has 0 spiro atoms. The number of hydrogen-bond acceptors (Lipinski definition) is 3. The number of rotatable bonds is 3. The Morgan fingerprint density at radius 3 is 2.50 bits per heavy atom. The smallest absolute Gasteiger partial charge is 0.293 e. The van der Waals surface area contributed by atoms with Crippen molar-refractivity contribution in [3.63, 3.8) is 0 Å². The monoisotopic (exact) mass is 240 g/mol. The van der Waals surface area contributed by atoms with E-state index in [4.69, 9.17) is 17.7 Å². The van der Waals surface area contributed by atoms with Gasteiger partial charge in [-0.3, -0.25) is 9.12 Å². The largest absolute Gasteiger partial charge is 0.373 e. The molecule has 0 saturated heterocycles. The van der Waals surface area contributed by atoms with Crippen LogP contribution in [0.4, 0.5) is 11.6 Å². The highest BCUT2D eigenvalue weighted by atomic mass is 32.2. The van der Waals surface area contributed by atoms with Crippen LogP contribution in [0.1, 0.15) is 5.82 Å². The maximum atomic E-state index is 10.6. The van der Waals surface area contributed by atoms with E-state index >= 15 is 0 Å². The fourth-order valence-electron chi connectivity index (χ4n) is 1.20. The number of imidazole rings is 1. The van der Waals surface area contributed by atoms with Crippen LogP contribution in [0.25, 0.3) is 9.69 Å². The van der Waals surface area contributed by atoms with Gasteiger partial charge in [-0.2, -0.15) is 8.42 Å². The van der Waals surface area contributed by atoms with Crippen molar-refractivity contribution in [3.8, 4) is 0 Å². The maximum Gasteiger partial charge on any atom is 0.293 e. The molecule has 0 unspecified atom stereocenters. The predicted octanol–water partition coefficient (Wildman–Crippen LogP) is 1.18. The van der Waals surface area contributed by atoms with Gasteiger partial charge in [0.1, 0.15) is 5.75 Å². The molecule has 0 aliphatic rings. The summed E-state index contributed by atoms with van der Waals surface area (Å²) in [5, 5.41) is 0. The Labute approximate surface area is 92.7 Å². The van der Waals surface area contributed by atoms with Gasteiger partial charge in [-0.25, -0.2) is 0 Å². The first-order valence-electron chi connectivity index (χ1n) is 4.16. The second-order valence-corrected chi connectivity index (χ2v) is 4.54. The summed E-state index contributed by atoms with van der Waals surface area (Å²) in [7, 11) is -4.09. The molecule has 0 aliphatic heterocycles. The molecule has 0 radical (unpaired) electrons. The van der Waals surface area contributed by atoms with E-state index in [0.29, 0.717) is 5.82 Å². The van der Waals surface area contributed by atoms with Crippen LogP contribution in [0.2, 0.25) is 0 Å². The third kappa shape index (κ3) is 2.57. The van der Waals surface area contributed by atoms with Gasteiger partial charge >= 0.3 is 0 Å². The molecule has 1 N–H and O–H groups in total. The van der Waals surface area contributed by atoms with Crippen LogP contribution in [-0.2, 0) is 16.7 Å². The molecule has 0 aromatic carbocycles. The van der Waals surface area contributed by atoms with Crippen molar-refractivity contribution < 1.29 is 13.0 Å². The fraction of sp³-hybridized carbons (Fsp3) is 0.375. The number of hydrogen-bond donors (Lipinski definition) is 1. The van der Waals surface area contributed by atoms with E-state index in [1.807, 2.05) is 0 Å². The molecule has 1 heterocycles. The van der Waals surface area contributed by atoms with E-state index in [1.165, 1.54) is 4.57 Å². The Balaban J connectivity index is 3.11. The van der Waals surface area contributed by atoms with Gasteiger partial charge < -0.3 is 9.69 Å². The van der Waals surface area contributed by atoms with Gasteiger partial charge in [-0.15, -0.1) is 0 Å². The highest BCUT2D eigenvalue weighted by molar-refractivity contribution is 7.85. The molecule has 0 atom stereocenters. The standard InChI is InChI=1S/C8H8N4O3S/c1-6-11-7(9-2)8(10-3)12(6)4-5-16(13,14)15/h4-5H2,1H3,(H,13,14,15). The Kier molecular flexibility index (Phi) is 3.28. The molecule has 7 nitrogen and oxygen atoms in total. The van der Waals surface area contributed by atoms with E-state index in [9.17, 15) is 8.42 Å². The van der Waals surface area contributed by atoms with Gasteiger partial charge in [0.2, 0.25) is 0 Å². The molecular weight excluding hydrogens is 232 g/mol. The summed E-state index contributed by atoms with van der Waals surface area (Å²) in [6.45, 7) is 15.1. The second kappa shape index (κ2) is 4.31. The molecule has 1 rings (SSSR count). The molecule has 84 valence electrons. The van der Waals surface area contributed by atoms with Crippen molar-refractivity contribution in [2.75, 3.05) is 5.75 Å². The Bertz CT molecular complexity index is 588. The minimum absolute atomic E-state index is 0.00356. The number of nitrogens with zero attached hydrogens (tertiary/aromatic N) is 4. The lowest BCUT2D eigenvalue weighted by Gasteiger charge is -2.00. The van der Waals surface area contributed by atoms with Gasteiger partial charge in [0, 0.05) is 6.92 Å². The average molecular weight is 240 g/mol. The zero-order valence-electron chi connectivity index (χ0n) is 8.38. The van der Waals surface area contributed by atoms with Gasteiger partial charge in [0.05, 0.1) is 6.54 Å². The van der Waals surface area contributed by atoms with Gasteiger partial charge in [-0.05, 0) is 0 Å². The summed E-state index contributed by atoms with van der Waals surface area (Å²) >= 11 is 0. The van der Waals surface area contributed by atoms with Crippen LogP contribution >= 0.6 is 0 Å². The molecule has 0 fully saturated rings. The molecule has 0 amide bonds. The topological polar surface area (TPSA) is 80.9 Å². The summed E-state index contributed by atoms with van der Waals surface area (Å²) in [4.78, 5) is 10.0. The summed E-state index contributed by atoms with van der Waals surface area (Å²) in [6, 6.07) is 0. The molecule has 8 heteroatoms. The van der Waals surface area contributed by atoms with Crippen LogP contribution in [0.15, 0.2) is 0 Å². The lowest BCUT2D eigenvalue weighted by atomic mass is 10.6. The third-order valence-corrected chi connectivity index (χ3v) is 2.60. The first-order valence-corrected chi connectivity index (χ1v) is 5.77. The van der Waals surface area contributed by atoms with E-state index in [0.717, 1.165) is 0 Å². The summed E-state index contributed by atoms with van der Waals surface area (Å²) in [5.41, 5.74) is 0. The van der Waals surface area contributed by atoms with Crippen molar-refractivity contribution in [2.45, 2.75) is 13.5 Å². The van der Waals surface area contributed by atoms with E-state index in [-0.39, 0.29) is 18.2 Å². The van der Waals surface area contributed by atoms with Crippen LogP contribution in [-0.4, -0.2) is 28.3 Å². The van der Waals surface area contributed by atoms with Gasteiger partial charge in [-0.1, -0.05) is 18.1 Å². The van der Waals surface area contributed by atoms with Gasteiger partial charge in [0.25, 0.3) is 27.6 Å². The number of aryl methyl sites for hydroxylation is 1. The lowest BCUT2D eigenvalue weighted by Crippen LogP contribution is -2.12. The van der Waals surface area contributed by atoms with E-state index < -0.39 is 15.9 Å². The zero-order valence-corrected chi connectivity index (χ0v) is 9.19. The fourth-order valence-corrected chi connectivity index (χ4v) is 1.61. The van der Waals surface area contributed by atoms with Crippen molar-refractivity contribution in [1.29, 1.82) is 0 Å². The average Bonchev–Trinajstić information content (AvgIpc) is 2.50. The van der Waals surface area contributed by atoms with Crippen LogP contribution in [0.5, 0.6) is 0 Å². The minimum atomic E-state index is -4.09. The summed E-state index contributed by atoms with van der Waals surface area (Å²) in [5.74, 6) is -0.191. The first-order chi connectivity index (χ1) is 7.39. The zero-order chi connectivity index (χ0) is 12.3. The molecule has 16 heavy (non-hydrogen) atoms. The van der Waals surface area contributed by atoms with Crippen molar-refractivity contribution >= 4 is 21.8 Å². The second-order valence-electron chi connectivity index (χ2n) is 2.97. The predicted molar refractivity (Wildman–Crippen MR) is 55.9 cm³/mol. The van der Waals surface area contributed by atoms with Crippen LogP contribution in [0, 0.1) is 20.1 Å². The Morgan fingerprint density at radius 2 is 2.06 bits per heavy atom. The number of aromatic nitrogens is 2. The molecule has 0 bridgehead atoms. The summed E-state index contributed by atoms with van der Waals surface area (Å²) in [6.07, 6.45) is 0. The summed E-state index contributed by atoms with van der Waals surface area (Å²) < 4.78 is 31.0. The molecular formula is C8H8N4O3S. The minimum Gasteiger partial charge on any atom is -0.373 e. The Hall–Kier alpha value is -1.90. The highest BCUT2D eigenvalue weighted by Gasteiger charge is 2.19. The normalized spacial score (nSPS) is 10.8. The van der Waals surface area contributed by atoms with E-state index in [1.54, 1.807) is 6.92 Å². The van der Waals surface area contributed by atoms with Crippen molar-refractivity contribution in [3.05, 3.63) is 28.7 Å². The molecule has 1 aromatic rings. The Morgan fingerprint density at radius 1 is 1.44 bits per heavy atom. The van der Waals surface area contributed by atoms with E-state index in [2.05, 4.69) is 14.7 Å². The quantitative estimate of drug-likeness (QED) is 0.635. The van der Waals surface area contributed by atoms with Crippen molar-refractivity contribution in [2.24, 2.45) is 0 Å². The van der Waals surface area contributed by atoms with Gasteiger partial charge in [0.15, 0.2) is 0 Å². The maximum absolute atomic E-state index is 10.6. The highest BCUT2D eigenvalue weighted by Crippen LogP contribution is 2.28. The molecule has 0 saturated carbocycles. The molecule has 0 aliphatic carbocycles.